The first-order valence-corrected chi connectivity index (χ1v) is 5.09. The summed E-state index contributed by atoms with van der Waals surface area (Å²) in [5, 5.41) is 0. The number of Topliss-reactive ketones (excluding diaryl/α,β-unsaturated/α-hetero) is 1. The maximum Gasteiger partial charge on any atom is 0.132 e. The van der Waals surface area contributed by atoms with Crippen molar-refractivity contribution in [3.63, 3.8) is 0 Å². The SMILES string of the molecule is CC(=O)C1CCC(I)CC1. The molecule has 1 aliphatic rings. The predicted octanol–water partition coefficient (Wildman–Crippen LogP) is 2.57. The summed E-state index contributed by atoms with van der Waals surface area (Å²) in [4.78, 5) is 10.9. The van der Waals surface area contributed by atoms with Crippen molar-refractivity contribution in [3.8, 4) is 0 Å². The van der Waals surface area contributed by atoms with Gasteiger partial charge in [-0.05, 0) is 32.6 Å². The van der Waals surface area contributed by atoms with Crippen molar-refractivity contribution in [1.29, 1.82) is 0 Å². The number of ketones is 1. The molecule has 0 atom stereocenters. The molecule has 0 unspecified atom stereocenters. The normalized spacial score (nSPS) is 33.8. The molecule has 0 saturated heterocycles. The van der Waals surface area contributed by atoms with E-state index in [2.05, 4.69) is 22.6 Å². The first-order chi connectivity index (χ1) is 4.70. The summed E-state index contributed by atoms with van der Waals surface area (Å²) in [5.41, 5.74) is 0. The summed E-state index contributed by atoms with van der Waals surface area (Å²) < 4.78 is 0.827. The molecule has 0 amide bonds. The van der Waals surface area contributed by atoms with E-state index in [1.807, 2.05) is 0 Å². The lowest BCUT2D eigenvalue weighted by Crippen LogP contribution is -2.19. The largest absolute Gasteiger partial charge is 0.300 e. The van der Waals surface area contributed by atoms with Gasteiger partial charge in [-0.1, -0.05) is 22.6 Å². The van der Waals surface area contributed by atoms with E-state index in [0.29, 0.717) is 11.7 Å². The molecule has 0 radical (unpaired) electrons. The molecular weight excluding hydrogens is 239 g/mol. The summed E-state index contributed by atoms with van der Waals surface area (Å²) >= 11 is 2.48. The zero-order valence-corrected chi connectivity index (χ0v) is 8.43. The third-order valence-corrected chi connectivity index (χ3v) is 3.48. The number of halogens is 1. The Hall–Kier alpha value is 0.400. The van der Waals surface area contributed by atoms with E-state index in [9.17, 15) is 4.79 Å². The van der Waals surface area contributed by atoms with Crippen LogP contribution in [-0.4, -0.2) is 9.71 Å². The van der Waals surface area contributed by atoms with Crippen molar-refractivity contribution in [2.45, 2.75) is 36.5 Å². The van der Waals surface area contributed by atoms with E-state index in [0.717, 1.165) is 16.8 Å². The van der Waals surface area contributed by atoms with Gasteiger partial charge in [0.15, 0.2) is 0 Å². The van der Waals surface area contributed by atoms with Crippen LogP contribution >= 0.6 is 22.6 Å². The molecule has 0 spiro atoms. The zero-order chi connectivity index (χ0) is 7.56. The smallest absolute Gasteiger partial charge is 0.132 e. The van der Waals surface area contributed by atoms with Crippen LogP contribution in [0.4, 0.5) is 0 Å². The monoisotopic (exact) mass is 252 g/mol. The minimum absolute atomic E-state index is 0.392. The highest BCUT2D eigenvalue weighted by Gasteiger charge is 2.21. The number of hydrogen-bond acceptors (Lipinski definition) is 1. The molecule has 0 N–H and O–H groups in total. The van der Waals surface area contributed by atoms with Gasteiger partial charge in [0.1, 0.15) is 5.78 Å². The lowest BCUT2D eigenvalue weighted by atomic mass is 9.87. The van der Waals surface area contributed by atoms with Crippen molar-refractivity contribution in [2.24, 2.45) is 5.92 Å². The Labute approximate surface area is 75.7 Å². The summed E-state index contributed by atoms with van der Waals surface area (Å²) in [6.07, 6.45) is 4.74. The molecule has 0 aromatic carbocycles. The zero-order valence-electron chi connectivity index (χ0n) is 6.27. The van der Waals surface area contributed by atoms with Crippen molar-refractivity contribution in [2.75, 3.05) is 0 Å². The van der Waals surface area contributed by atoms with Gasteiger partial charge in [-0.15, -0.1) is 0 Å². The van der Waals surface area contributed by atoms with E-state index in [4.69, 9.17) is 0 Å². The molecule has 0 aromatic heterocycles. The fourth-order valence-corrected chi connectivity index (χ4v) is 2.18. The average Bonchev–Trinajstić information content (AvgIpc) is 1.88. The minimum atomic E-state index is 0.392. The van der Waals surface area contributed by atoms with Gasteiger partial charge in [0, 0.05) is 9.84 Å². The van der Waals surface area contributed by atoms with Gasteiger partial charge in [-0.2, -0.15) is 0 Å². The van der Waals surface area contributed by atoms with E-state index >= 15 is 0 Å². The number of rotatable bonds is 1. The van der Waals surface area contributed by atoms with Crippen LogP contribution in [0.25, 0.3) is 0 Å². The van der Waals surface area contributed by atoms with Crippen LogP contribution in [0.2, 0.25) is 0 Å². The first-order valence-electron chi connectivity index (χ1n) is 3.84. The molecule has 1 aliphatic carbocycles. The molecule has 0 heterocycles. The third kappa shape index (κ3) is 2.22. The Morgan fingerprint density at radius 2 is 1.80 bits per heavy atom. The Balaban J connectivity index is 2.33. The summed E-state index contributed by atoms with van der Waals surface area (Å²) in [6, 6.07) is 0. The van der Waals surface area contributed by atoms with Crippen LogP contribution in [-0.2, 0) is 4.79 Å². The van der Waals surface area contributed by atoms with Gasteiger partial charge >= 0.3 is 0 Å². The molecule has 10 heavy (non-hydrogen) atoms. The second-order valence-corrected chi connectivity index (χ2v) is 4.82. The van der Waals surface area contributed by atoms with Crippen molar-refractivity contribution < 1.29 is 4.79 Å². The number of carbonyl (C=O) groups is 1. The van der Waals surface area contributed by atoms with E-state index in [1.165, 1.54) is 12.8 Å². The number of hydrogen-bond donors (Lipinski definition) is 0. The quantitative estimate of drug-likeness (QED) is 0.517. The highest BCUT2D eigenvalue weighted by atomic mass is 127. The Morgan fingerprint density at radius 3 is 2.20 bits per heavy atom. The van der Waals surface area contributed by atoms with Gasteiger partial charge in [-0.3, -0.25) is 4.79 Å². The van der Waals surface area contributed by atoms with Crippen molar-refractivity contribution in [3.05, 3.63) is 0 Å². The van der Waals surface area contributed by atoms with Crippen LogP contribution in [0, 0.1) is 5.92 Å². The first kappa shape index (κ1) is 8.50. The lowest BCUT2D eigenvalue weighted by molar-refractivity contribution is -0.121. The van der Waals surface area contributed by atoms with Crippen LogP contribution in [0.3, 0.4) is 0 Å². The van der Waals surface area contributed by atoms with Gasteiger partial charge in [0.2, 0.25) is 0 Å². The predicted molar refractivity (Wildman–Crippen MR) is 50.4 cm³/mol. The second-order valence-electron chi connectivity index (χ2n) is 3.06. The van der Waals surface area contributed by atoms with E-state index in [-0.39, 0.29) is 0 Å². The van der Waals surface area contributed by atoms with Gasteiger partial charge in [-0.25, -0.2) is 0 Å². The molecule has 1 fully saturated rings. The van der Waals surface area contributed by atoms with Crippen molar-refractivity contribution in [1.82, 2.24) is 0 Å². The molecule has 58 valence electrons. The van der Waals surface area contributed by atoms with E-state index < -0.39 is 0 Å². The molecular formula is C8H13IO. The number of alkyl halides is 1. The van der Waals surface area contributed by atoms with Gasteiger partial charge in [0.25, 0.3) is 0 Å². The Bertz CT molecular complexity index is 125. The third-order valence-electron chi connectivity index (χ3n) is 2.23. The average molecular weight is 252 g/mol. The van der Waals surface area contributed by atoms with Crippen molar-refractivity contribution >= 4 is 28.4 Å². The second kappa shape index (κ2) is 3.69. The van der Waals surface area contributed by atoms with E-state index in [1.54, 1.807) is 6.92 Å². The summed E-state index contributed by atoms with van der Waals surface area (Å²) in [7, 11) is 0. The maximum atomic E-state index is 10.9. The van der Waals surface area contributed by atoms with Gasteiger partial charge < -0.3 is 0 Å². The Kier molecular flexibility index (Phi) is 3.14. The standard InChI is InChI=1S/C8H13IO/c1-6(10)7-2-4-8(9)5-3-7/h7-8H,2-5H2,1H3. The minimum Gasteiger partial charge on any atom is -0.300 e. The van der Waals surface area contributed by atoms with Crippen LogP contribution in [0.5, 0.6) is 0 Å². The molecule has 1 rings (SSSR count). The molecule has 0 bridgehead atoms. The fraction of sp³-hybridized carbons (Fsp3) is 0.875. The molecule has 1 saturated carbocycles. The molecule has 0 aromatic rings. The fourth-order valence-electron chi connectivity index (χ4n) is 1.46. The number of carbonyl (C=O) groups excluding carboxylic acids is 1. The van der Waals surface area contributed by atoms with Crippen LogP contribution < -0.4 is 0 Å². The van der Waals surface area contributed by atoms with Crippen LogP contribution in [0.15, 0.2) is 0 Å². The topological polar surface area (TPSA) is 17.1 Å². The Morgan fingerprint density at radius 1 is 1.30 bits per heavy atom. The molecule has 1 nitrogen and oxygen atoms in total. The summed E-state index contributed by atoms with van der Waals surface area (Å²) in [5.74, 6) is 0.786. The lowest BCUT2D eigenvalue weighted by Gasteiger charge is -2.22. The molecule has 0 aliphatic heterocycles. The highest BCUT2D eigenvalue weighted by Crippen LogP contribution is 2.29. The van der Waals surface area contributed by atoms with Crippen LogP contribution in [0.1, 0.15) is 32.6 Å². The molecule has 2 heteroatoms. The highest BCUT2D eigenvalue weighted by molar-refractivity contribution is 14.1. The van der Waals surface area contributed by atoms with Gasteiger partial charge in [0.05, 0.1) is 0 Å². The maximum absolute atomic E-state index is 10.9. The summed E-state index contributed by atoms with van der Waals surface area (Å²) in [6.45, 7) is 1.72.